The summed E-state index contributed by atoms with van der Waals surface area (Å²) in [5.74, 6) is 0.849. The van der Waals surface area contributed by atoms with Crippen molar-refractivity contribution in [2.24, 2.45) is 11.3 Å². The van der Waals surface area contributed by atoms with E-state index in [2.05, 4.69) is 38.2 Å². The van der Waals surface area contributed by atoms with Crippen molar-refractivity contribution in [1.82, 2.24) is 5.32 Å². The van der Waals surface area contributed by atoms with Crippen molar-refractivity contribution in [2.75, 3.05) is 13.2 Å². The molecule has 0 amide bonds. The van der Waals surface area contributed by atoms with Gasteiger partial charge in [-0.25, -0.2) is 0 Å². The second-order valence-corrected chi connectivity index (χ2v) is 6.11. The standard InChI is InChI=1S/C15H27NO/c1-4-17-14-10-13(15(14,2)3)16-11-12-8-6-5-7-9-12/h5-6,12-14,16H,4,7-11H2,1-3H3. The maximum absolute atomic E-state index is 5.76. The first-order valence-electron chi connectivity index (χ1n) is 7.14. The summed E-state index contributed by atoms with van der Waals surface area (Å²) >= 11 is 0. The van der Waals surface area contributed by atoms with Gasteiger partial charge < -0.3 is 10.1 Å². The van der Waals surface area contributed by atoms with Crippen LogP contribution < -0.4 is 5.32 Å². The minimum absolute atomic E-state index is 0.306. The number of allylic oxidation sites excluding steroid dienone is 2. The Bertz CT molecular complexity index is 272. The van der Waals surface area contributed by atoms with Crippen LogP contribution in [0.4, 0.5) is 0 Å². The van der Waals surface area contributed by atoms with Gasteiger partial charge in [0, 0.05) is 18.1 Å². The van der Waals surface area contributed by atoms with Gasteiger partial charge in [0.15, 0.2) is 0 Å². The highest BCUT2D eigenvalue weighted by molar-refractivity contribution is 5.03. The predicted molar refractivity (Wildman–Crippen MR) is 72.1 cm³/mol. The van der Waals surface area contributed by atoms with E-state index in [9.17, 15) is 0 Å². The summed E-state index contributed by atoms with van der Waals surface area (Å²) in [5, 5.41) is 3.75. The van der Waals surface area contributed by atoms with E-state index in [0.717, 1.165) is 12.5 Å². The van der Waals surface area contributed by atoms with Gasteiger partial charge in [0.1, 0.15) is 0 Å². The zero-order chi connectivity index (χ0) is 12.3. The zero-order valence-corrected chi connectivity index (χ0v) is 11.5. The molecule has 0 bridgehead atoms. The molecule has 3 atom stereocenters. The highest BCUT2D eigenvalue weighted by atomic mass is 16.5. The van der Waals surface area contributed by atoms with E-state index in [0.29, 0.717) is 17.6 Å². The summed E-state index contributed by atoms with van der Waals surface area (Å²) in [7, 11) is 0. The van der Waals surface area contributed by atoms with Crippen molar-refractivity contribution in [3.05, 3.63) is 12.2 Å². The third-order valence-electron chi connectivity index (χ3n) is 4.58. The third kappa shape index (κ3) is 2.92. The molecule has 2 nitrogen and oxygen atoms in total. The first kappa shape index (κ1) is 13.1. The average Bonchev–Trinajstić information content (AvgIpc) is 2.34. The molecule has 0 aromatic carbocycles. The fraction of sp³-hybridized carbons (Fsp3) is 0.867. The predicted octanol–water partition coefficient (Wildman–Crippen LogP) is 3.14. The van der Waals surface area contributed by atoms with Crippen LogP contribution in [0.5, 0.6) is 0 Å². The van der Waals surface area contributed by atoms with Crippen LogP contribution >= 0.6 is 0 Å². The van der Waals surface area contributed by atoms with Crippen molar-refractivity contribution < 1.29 is 4.74 Å². The van der Waals surface area contributed by atoms with E-state index in [1.807, 2.05) is 0 Å². The number of ether oxygens (including phenoxy) is 1. The minimum Gasteiger partial charge on any atom is -0.378 e. The van der Waals surface area contributed by atoms with Gasteiger partial charge in [-0.05, 0) is 45.1 Å². The van der Waals surface area contributed by atoms with Crippen molar-refractivity contribution in [3.63, 3.8) is 0 Å². The summed E-state index contributed by atoms with van der Waals surface area (Å²) in [6.45, 7) is 8.77. The van der Waals surface area contributed by atoms with Crippen LogP contribution in [-0.4, -0.2) is 25.3 Å². The number of hydrogen-bond donors (Lipinski definition) is 1. The molecule has 17 heavy (non-hydrogen) atoms. The van der Waals surface area contributed by atoms with Crippen molar-refractivity contribution in [1.29, 1.82) is 0 Å². The van der Waals surface area contributed by atoms with Crippen LogP contribution in [0.2, 0.25) is 0 Å². The average molecular weight is 237 g/mol. The van der Waals surface area contributed by atoms with Crippen LogP contribution in [0.1, 0.15) is 46.5 Å². The number of nitrogens with one attached hydrogen (secondary N) is 1. The van der Waals surface area contributed by atoms with Crippen LogP contribution in [0, 0.1) is 11.3 Å². The Balaban J connectivity index is 1.72. The monoisotopic (exact) mass is 237 g/mol. The van der Waals surface area contributed by atoms with Crippen molar-refractivity contribution in [2.45, 2.75) is 58.6 Å². The summed E-state index contributed by atoms with van der Waals surface area (Å²) < 4.78 is 5.76. The lowest BCUT2D eigenvalue weighted by Gasteiger charge is -2.52. The Morgan fingerprint density at radius 2 is 2.18 bits per heavy atom. The lowest BCUT2D eigenvalue weighted by atomic mass is 9.64. The Kier molecular flexibility index (Phi) is 4.26. The lowest BCUT2D eigenvalue weighted by molar-refractivity contribution is -0.114. The maximum atomic E-state index is 5.76. The molecule has 2 aliphatic rings. The first-order chi connectivity index (χ1) is 8.14. The quantitative estimate of drug-likeness (QED) is 0.742. The Hall–Kier alpha value is -0.340. The van der Waals surface area contributed by atoms with Crippen molar-refractivity contribution >= 4 is 0 Å². The van der Waals surface area contributed by atoms with Gasteiger partial charge in [0.2, 0.25) is 0 Å². The van der Waals surface area contributed by atoms with Gasteiger partial charge in [-0.15, -0.1) is 0 Å². The normalized spacial score (nSPS) is 35.6. The molecular weight excluding hydrogens is 210 g/mol. The summed E-state index contributed by atoms with van der Waals surface area (Å²) in [5.41, 5.74) is 0.306. The Morgan fingerprint density at radius 1 is 1.35 bits per heavy atom. The molecule has 0 aromatic rings. The van der Waals surface area contributed by atoms with Gasteiger partial charge in [-0.1, -0.05) is 26.0 Å². The minimum atomic E-state index is 0.306. The molecule has 2 aliphatic carbocycles. The van der Waals surface area contributed by atoms with E-state index >= 15 is 0 Å². The second kappa shape index (κ2) is 5.53. The molecule has 1 saturated carbocycles. The molecule has 1 fully saturated rings. The highest BCUT2D eigenvalue weighted by Crippen LogP contribution is 2.42. The van der Waals surface area contributed by atoms with E-state index in [1.165, 1.54) is 32.2 Å². The largest absolute Gasteiger partial charge is 0.378 e. The molecule has 0 saturated heterocycles. The lowest BCUT2D eigenvalue weighted by Crippen LogP contribution is -2.61. The molecule has 0 spiro atoms. The molecular formula is C15H27NO. The van der Waals surface area contributed by atoms with Crippen molar-refractivity contribution in [3.8, 4) is 0 Å². The van der Waals surface area contributed by atoms with Gasteiger partial charge in [-0.3, -0.25) is 0 Å². The second-order valence-electron chi connectivity index (χ2n) is 6.11. The zero-order valence-electron chi connectivity index (χ0n) is 11.5. The Labute approximate surface area is 106 Å². The fourth-order valence-corrected chi connectivity index (χ4v) is 3.07. The molecule has 0 aliphatic heterocycles. The Morgan fingerprint density at radius 3 is 2.76 bits per heavy atom. The molecule has 3 unspecified atom stereocenters. The summed E-state index contributed by atoms with van der Waals surface area (Å²) in [4.78, 5) is 0. The SMILES string of the molecule is CCOC1CC(NCC2CC=CCC2)C1(C)C. The van der Waals surface area contributed by atoms with Crippen LogP contribution in [0.3, 0.4) is 0 Å². The van der Waals surface area contributed by atoms with Crippen LogP contribution in [0.15, 0.2) is 12.2 Å². The van der Waals surface area contributed by atoms with Gasteiger partial charge >= 0.3 is 0 Å². The van der Waals surface area contributed by atoms with Crippen LogP contribution in [0.25, 0.3) is 0 Å². The molecule has 98 valence electrons. The molecule has 2 rings (SSSR count). The third-order valence-corrected chi connectivity index (χ3v) is 4.58. The fourth-order valence-electron chi connectivity index (χ4n) is 3.07. The van der Waals surface area contributed by atoms with Crippen LogP contribution in [-0.2, 0) is 4.74 Å². The summed E-state index contributed by atoms with van der Waals surface area (Å²) in [6.07, 6.45) is 10.2. The van der Waals surface area contributed by atoms with Gasteiger partial charge in [0.25, 0.3) is 0 Å². The molecule has 1 N–H and O–H groups in total. The smallest absolute Gasteiger partial charge is 0.0655 e. The maximum Gasteiger partial charge on any atom is 0.0655 e. The van der Waals surface area contributed by atoms with Gasteiger partial charge in [-0.2, -0.15) is 0 Å². The van der Waals surface area contributed by atoms with Gasteiger partial charge in [0.05, 0.1) is 6.10 Å². The number of hydrogen-bond acceptors (Lipinski definition) is 2. The van der Waals surface area contributed by atoms with E-state index in [1.54, 1.807) is 0 Å². The van der Waals surface area contributed by atoms with E-state index < -0.39 is 0 Å². The molecule has 2 heteroatoms. The first-order valence-corrected chi connectivity index (χ1v) is 7.14. The van der Waals surface area contributed by atoms with E-state index in [4.69, 9.17) is 4.74 Å². The topological polar surface area (TPSA) is 21.3 Å². The summed E-state index contributed by atoms with van der Waals surface area (Å²) in [6, 6.07) is 0.643. The molecule has 0 aromatic heterocycles. The number of rotatable bonds is 5. The highest BCUT2D eigenvalue weighted by Gasteiger charge is 2.48. The molecule has 0 heterocycles. The molecule has 0 radical (unpaired) electrons. The van der Waals surface area contributed by atoms with E-state index in [-0.39, 0.29) is 0 Å².